The molecule has 9 heteroatoms. The van der Waals surface area contributed by atoms with Gasteiger partial charge in [-0.05, 0) is 73.9 Å². The highest BCUT2D eigenvalue weighted by atomic mass is 32.2. The minimum Gasteiger partial charge on any atom is -0.495 e. The molecule has 33 heavy (non-hydrogen) atoms. The number of nitrogens with one attached hydrogen (secondary N) is 1. The van der Waals surface area contributed by atoms with Gasteiger partial charge in [0.1, 0.15) is 34.5 Å². The van der Waals surface area contributed by atoms with Crippen LogP contribution < -0.4 is 14.4 Å². The smallest absolute Gasteiger partial charge is 0.268 e. The maximum atomic E-state index is 14.0. The van der Waals surface area contributed by atoms with Gasteiger partial charge in [0.15, 0.2) is 0 Å². The minimum absolute atomic E-state index is 0.107. The van der Waals surface area contributed by atoms with Gasteiger partial charge in [-0.1, -0.05) is 18.2 Å². The molecule has 0 aliphatic rings. The molecule has 0 aliphatic carbocycles. The molecule has 0 unspecified atom stereocenters. The lowest BCUT2D eigenvalue weighted by molar-refractivity contribution is -0.114. The van der Waals surface area contributed by atoms with Gasteiger partial charge in [0.25, 0.3) is 10.0 Å². The van der Waals surface area contributed by atoms with E-state index in [4.69, 9.17) is 4.74 Å². The second kappa shape index (κ2) is 9.58. The highest BCUT2D eigenvalue weighted by molar-refractivity contribution is 7.93. The van der Waals surface area contributed by atoms with Crippen LogP contribution in [0, 0.1) is 32.4 Å². The first-order chi connectivity index (χ1) is 15.5. The lowest BCUT2D eigenvalue weighted by atomic mass is 10.1. The zero-order valence-electron chi connectivity index (χ0n) is 18.6. The van der Waals surface area contributed by atoms with Crippen molar-refractivity contribution in [1.29, 1.82) is 0 Å². The summed E-state index contributed by atoms with van der Waals surface area (Å²) in [6, 6.07) is 12.9. The highest BCUT2D eigenvalue weighted by Gasteiger charge is 2.31. The topological polar surface area (TPSA) is 75.7 Å². The molecule has 0 atom stereocenters. The Labute approximate surface area is 191 Å². The van der Waals surface area contributed by atoms with Crippen molar-refractivity contribution in [2.45, 2.75) is 25.7 Å². The van der Waals surface area contributed by atoms with E-state index in [0.717, 1.165) is 33.6 Å². The van der Waals surface area contributed by atoms with Crippen LogP contribution in [0.25, 0.3) is 0 Å². The Morgan fingerprint density at radius 1 is 0.939 bits per heavy atom. The highest BCUT2D eigenvalue weighted by Crippen LogP contribution is 2.32. The molecule has 0 radical (unpaired) electrons. The number of aryl methyl sites for hydroxylation is 3. The van der Waals surface area contributed by atoms with Crippen molar-refractivity contribution in [2.24, 2.45) is 0 Å². The third-order valence-electron chi connectivity index (χ3n) is 4.90. The van der Waals surface area contributed by atoms with Crippen LogP contribution in [0.15, 0.2) is 59.5 Å². The largest absolute Gasteiger partial charge is 0.495 e. The van der Waals surface area contributed by atoms with Crippen molar-refractivity contribution < 1.29 is 26.7 Å². The molecule has 0 aliphatic heterocycles. The summed E-state index contributed by atoms with van der Waals surface area (Å²) in [6.45, 7) is 4.61. The van der Waals surface area contributed by atoms with E-state index in [9.17, 15) is 22.0 Å². The van der Waals surface area contributed by atoms with Crippen LogP contribution in [-0.2, 0) is 14.8 Å². The number of hydrogen-bond donors (Lipinski definition) is 1. The molecule has 6 nitrogen and oxygen atoms in total. The van der Waals surface area contributed by atoms with Crippen molar-refractivity contribution in [3.63, 3.8) is 0 Å². The van der Waals surface area contributed by atoms with Crippen molar-refractivity contribution >= 4 is 27.3 Å². The van der Waals surface area contributed by atoms with E-state index in [1.54, 1.807) is 39.0 Å². The fourth-order valence-corrected chi connectivity index (χ4v) is 5.09. The predicted molar refractivity (Wildman–Crippen MR) is 123 cm³/mol. The fraction of sp³-hybridized carbons (Fsp3) is 0.208. The molecule has 3 aromatic carbocycles. The van der Waals surface area contributed by atoms with E-state index in [1.807, 2.05) is 6.07 Å². The van der Waals surface area contributed by atoms with E-state index in [0.29, 0.717) is 5.56 Å². The van der Waals surface area contributed by atoms with Gasteiger partial charge in [0.2, 0.25) is 5.91 Å². The van der Waals surface area contributed by atoms with Gasteiger partial charge in [-0.25, -0.2) is 17.2 Å². The number of rotatable bonds is 7. The van der Waals surface area contributed by atoms with Crippen molar-refractivity contribution in [3.05, 3.63) is 82.9 Å². The number of carbonyl (C=O) groups excluding carboxylic acids is 1. The zero-order chi connectivity index (χ0) is 24.3. The summed E-state index contributed by atoms with van der Waals surface area (Å²) in [5.41, 5.74) is 1.82. The standard InChI is InChI=1S/C24H24F2N2O4S/c1-15-8-9-21(32-4)22(13-15)33(30,31)28(18-11-16(2)10-17(3)12-18)14-23(29)27-24-19(25)6-5-7-20(24)26/h5-13H,14H2,1-4H3,(H,27,29). The summed E-state index contributed by atoms with van der Waals surface area (Å²) in [4.78, 5) is 12.7. The average Bonchev–Trinajstić information content (AvgIpc) is 2.74. The number of carbonyl (C=O) groups is 1. The Bertz CT molecular complexity index is 1270. The summed E-state index contributed by atoms with van der Waals surface area (Å²) in [6.07, 6.45) is 0. The van der Waals surface area contributed by atoms with Gasteiger partial charge in [0.05, 0.1) is 12.8 Å². The van der Waals surface area contributed by atoms with Gasteiger partial charge < -0.3 is 10.1 Å². The Hall–Kier alpha value is -3.46. The van der Waals surface area contributed by atoms with Crippen LogP contribution in [0.2, 0.25) is 0 Å². The van der Waals surface area contributed by atoms with Crippen LogP contribution in [0.1, 0.15) is 16.7 Å². The molecule has 0 saturated heterocycles. The Morgan fingerprint density at radius 3 is 2.12 bits per heavy atom. The van der Waals surface area contributed by atoms with Crippen LogP contribution in [0.3, 0.4) is 0 Å². The predicted octanol–water partition coefficient (Wildman–Crippen LogP) is 4.73. The number of benzene rings is 3. The molecule has 0 spiro atoms. The maximum absolute atomic E-state index is 14.0. The molecule has 0 aromatic heterocycles. The molecule has 1 amide bonds. The summed E-state index contributed by atoms with van der Waals surface area (Å²) < 4.78 is 61.6. The normalized spacial score (nSPS) is 11.2. The third kappa shape index (κ3) is 5.31. The summed E-state index contributed by atoms with van der Waals surface area (Å²) in [5.74, 6) is -2.74. The molecule has 0 bridgehead atoms. The molecule has 0 saturated carbocycles. The fourth-order valence-electron chi connectivity index (χ4n) is 3.44. The first-order valence-corrected chi connectivity index (χ1v) is 11.5. The number of anilines is 2. The van der Waals surface area contributed by atoms with E-state index in [-0.39, 0.29) is 16.3 Å². The molecular formula is C24H24F2N2O4S. The number of methoxy groups -OCH3 is 1. The van der Waals surface area contributed by atoms with E-state index in [1.165, 1.54) is 19.2 Å². The lowest BCUT2D eigenvalue weighted by Crippen LogP contribution is -2.38. The number of amides is 1. The van der Waals surface area contributed by atoms with Gasteiger partial charge in [-0.2, -0.15) is 0 Å². The number of sulfonamides is 1. The zero-order valence-corrected chi connectivity index (χ0v) is 19.5. The van der Waals surface area contributed by atoms with Gasteiger partial charge in [0, 0.05) is 0 Å². The van der Waals surface area contributed by atoms with Crippen molar-refractivity contribution in [2.75, 3.05) is 23.3 Å². The second-order valence-corrected chi connectivity index (χ2v) is 9.49. The number of nitrogens with zero attached hydrogens (tertiary/aromatic N) is 1. The van der Waals surface area contributed by atoms with Crippen molar-refractivity contribution in [3.8, 4) is 5.75 Å². The summed E-state index contributed by atoms with van der Waals surface area (Å²) >= 11 is 0. The van der Waals surface area contributed by atoms with E-state index in [2.05, 4.69) is 5.32 Å². The SMILES string of the molecule is COc1ccc(C)cc1S(=O)(=O)N(CC(=O)Nc1c(F)cccc1F)c1cc(C)cc(C)c1. The van der Waals surface area contributed by atoms with Crippen LogP contribution in [0.5, 0.6) is 5.75 Å². The Kier molecular flexibility index (Phi) is 7.02. The Morgan fingerprint density at radius 2 is 1.55 bits per heavy atom. The number of para-hydroxylation sites is 1. The van der Waals surface area contributed by atoms with Gasteiger partial charge >= 0.3 is 0 Å². The first kappa shape index (κ1) is 24.2. The second-order valence-electron chi connectivity index (χ2n) is 7.66. The van der Waals surface area contributed by atoms with Crippen molar-refractivity contribution in [1.82, 2.24) is 0 Å². The average molecular weight is 475 g/mol. The summed E-state index contributed by atoms with van der Waals surface area (Å²) in [5, 5.41) is 2.15. The quantitative estimate of drug-likeness (QED) is 0.537. The van der Waals surface area contributed by atoms with E-state index < -0.39 is 39.8 Å². The number of hydrogen-bond acceptors (Lipinski definition) is 4. The lowest BCUT2D eigenvalue weighted by Gasteiger charge is -2.26. The van der Waals surface area contributed by atoms with Gasteiger partial charge in [-0.15, -0.1) is 0 Å². The molecule has 3 rings (SSSR count). The van der Waals surface area contributed by atoms with E-state index >= 15 is 0 Å². The minimum atomic E-state index is -4.30. The number of ether oxygens (including phenoxy) is 1. The third-order valence-corrected chi connectivity index (χ3v) is 6.69. The molecule has 0 fully saturated rings. The van der Waals surface area contributed by atoms with Crippen LogP contribution in [0.4, 0.5) is 20.2 Å². The summed E-state index contributed by atoms with van der Waals surface area (Å²) in [7, 11) is -2.95. The first-order valence-electron chi connectivity index (χ1n) is 10.0. The van der Waals surface area contributed by atoms with Crippen LogP contribution >= 0.6 is 0 Å². The molecule has 3 aromatic rings. The number of halogens is 2. The molecule has 174 valence electrons. The molecule has 1 N–H and O–H groups in total. The van der Waals surface area contributed by atoms with Gasteiger partial charge in [-0.3, -0.25) is 9.10 Å². The Balaban J connectivity index is 2.09. The monoisotopic (exact) mass is 474 g/mol. The molecule has 0 heterocycles. The van der Waals surface area contributed by atoms with Crippen LogP contribution in [-0.4, -0.2) is 28.0 Å². The molecular weight excluding hydrogens is 450 g/mol. The maximum Gasteiger partial charge on any atom is 0.268 e.